The number of likely N-dealkylation sites (tertiary alicyclic amines) is 1. The van der Waals surface area contributed by atoms with Crippen LogP contribution in [0.1, 0.15) is 35.3 Å². The molecule has 0 unspecified atom stereocenters. The lowest BCUT2D eigenvalue weighted by atomic mass is 10.0. The van der Waals surface area contributed by atoms with Crippen molar-refractivity contribution >= 4 is 28.6 Å². The maximum absolute atomic E-state index is 10.8. The van der Waals surface area contributed by atoms with E-state index in [1.807, 2.05) is 24.3 Å². The molecule has 3 N–H and O–H groups in total. The van der Waals surface area contributed by atoms with E-state index in [0.29, 0.717) is 22.7 Å². The SMILES string of the molecule is Cc1ccc2c(O)c(C=C3N=Nc4ncccc43)oc2c1CN1CCC[C@H](N)C1. The number of benzene rings is 1. The molecule has 4 heterocycles. The third-order valence-electron chi connectivity index (χ3n) is 5.70. The maximum Gasteiger partial charge on any atom is 0.183 e. The molecule has 5 rings (SSSR count). The largest absolute Gasteiger partial charge is 0.504 e. The molecule has 29 heavy (non-hydrogen) atoms. The number of fused-ring (bicyclic) bond motifs is 2. The van der Waals surface area contributed by atoms with Crippen LogP contribution in [0.3, 0.4) is 0 Å². The molecule has 2 aliphatic heterocycles. The second-order valence-corrected chi connectivity index (χ2v) is 7.79. The zero-order valence-corrected chi connectivity index (χ0v) is 16.3. The van der Waals surface area contributed by atoms with Gasteiger partial charge in [-0.25, -0.2) is 4.98 Å². The highest BCUT2D eigenvalue weighted by atomic mass is 16.4. The van der Waals surface area contributed by atoms with Gasteiger partial charge in [-0.3, -0.25) is 4.90 Å². The zero-order chi connectivity index (χ0) is 20.0. The lowest BCUT2D eigenvalue weighted by Crippen LogP contribution is -2.42. The van der Waals surface area contributed by atoms with E-state index in [1.54, 1.807) is 12.3 Å². The Kier molecular flexibility index (Phi) is 4.41. The molecule has 1 saturated heterocycles. The molecule has 0 spiro atoms. The van der Waals surface area contributed by atoms with Gasteiger partial charge in [0.2, 0.25) is 0 Å². The highest BCUT2D eigenvalue weighted by molar-refractivity contribution is 5.94. The molecule has 2 aliphatic rings. The summed E-state index contributed by atoms with van der Waals surface area (Å²) in [6.07, 6.45) is 5.59. The quantitative estimate of drug-likeness (QED) is 0.693. The number of azo groups is 1. The van der Waals surface area contributed by atoms with Crippen molar-refractivity contribution in [1.82, 2.24) is 9.88 Å². The number of piperidine rings is 1. The van der Waals surface area contributed by atoms with E-state index in [-0.39, 0.29) is 11.8 Å². The van der Waals surface area contributed by atoms with Crippen molar-refractivity contribution < 1.29 is 9.52 Å². The van der Waals surface area contributed by atoms with Gasteiger partial charge in [0.15, 0.2) is 17.3 Å². The fourth-order valence-electron chi connectivity index (χ4n) is 4.14. The summed E-state index contributed by atoms with van der Waals surface area (Å²) in [5.41, 5.74) is 10.5. The summed E-state index contributed by atoms with van der Waals surface area (Å²) in [5, 5.41) is 19.8. The van der Waals surface area contributed by atoms with E-state index in [1.165, 1.54) is 0 Å². The smallest absolute Gasteiger partial charge is 0.183 e. The second-order valence-electron chi connectivity index (χ2n) is 7.79. The molecule has 0 bridgehead atoms. The fourth-order valence-corrected chi connectivity index (χ4v) is 4.14. The third kappa shape index (κ3) is 3.22. The summed E-state index contributed by atoms with van der Waals surface area (Å²) in [4.78, 5) is 6.56. The van der Waals surface area contributed by atoms with Gasteiger partial charge in [0.25, 0.3) is 0 Å². The van der Waals surface area contributed by atoms with Gasteiger partial charge in [-0.15, -0.1) is 10.2 Å². The van der Waals surface area contributed by atoms with Crippen LogP contribution < -0.4 is 5.73 Å². The number of aromatic hydroxyl groups is 1. The number of aryl methyl sites for hydroxylation is 1. The molecule has 1 atom stereocenters. The zero-order valence-electron chi connectivity index (χ0n) is 16.3. The van der Waals surface area contributed by atoms with Crippen LogP contribution in [0.25, 0.3) is 22.7 Å². The van der Waals surface area contributed by atoms with E-state index in [2.05, 4.69) is 27.0 Å². The van der Waals surface area contributed by atoms with E-state index < -0.39 is 0 Å². The molecule has 2 aromatic heterocycles. The predicted octanol–water partition coefficient (Wildman–Crippen LogP) is 4.36. The van der Waals surface area contributed by atoms with Crippen molar-refractivity contribution in [3.63, 3.8) is 0 Å². The third-order valence-corrected chi connectivity index (χ3v) is 5.70. The molecular weight excluding hydrogens is 366 g/mol. The van der Waals surface area contributed by atoms with Crippen LogP contribution in [-0.2, 0) is 6.54 Å². The Bertz CT molecular complexity index is 1150. The molecule has 1 fully saturated rings. The van der Waals surface area contributed by atoms with Crippen LogP contribution >= 0.6 is 0 Å². The fraction of sp³-hybridized carbons (Fsp3) is 0.318. The van der Waals surface area contributed by atoms with Gasteiger partial charge >= 0.3 is 0 Å². The van der Waals surface area contributed by atoms with Crippen molar-refractivity contribution in [2.75, 3.05) is 13.1 Å². The van der Waals surface area contributed by atoms with Crippen molar-refractivity contribution in [2.45, 2.75) is 32.4 Å². The van der Waals surface area contributed by atoms with Crippen molar-refractivity contribution in [3.05, 3.63) is 52.9 Å². The Balaban J connectivity index is 1.55. The number of hydrogen-bond donors (Lipinski definition) is 2. The van der Waals surface area contributed by atoms with Gasteiger partial charge in [0.05, 0.1) is 5.39 Å². The van der Waals surface area contributed by atoms with Crippen molar-refractivity contribution in [1.29, 1.82) is 0 Å². The highest BCUT2D eigenvalue weighted by Gasteiger charge is 2.23. The van der Waals surface area contributed by atoms with E-state index in [0.717, 1.165) is 54.7 Å². The molecule has 0 saturated carbocycles. The number of pyridine rings is 1. The first-order valence-corrected chi connectivity index (χ1v) is 9.91. The Morgan fingerprint density at radius 2 is 2.21 bits per heavy atom. The Labute approximate surface area is 168 Å². The van der Waals surface area contributed by atoms with Crippen LogP contribution in [0, 0.1) is 6.92 Å². The molecule has 7 heteroatoms. The van der Waals surface area contributed by atoms with Gasteiger partial charge in [0, 0.05) is 42.5 Å². The number of hydrogen-bond acceptors (Lipinski definition) is 7. The van der Waals surface area contributed by atoms with Gasteiger partial charge in [-0.1, -0.05) is 6.07 Å². The molecule has 0 amide bonds. The number of aromatic nitrogens is 1. The maximum atomic E-state index is 10.8. The summed E-state index contributed by atoms with van der Waals surface area (Å²) in [5.74, 6) is 1.08. The molecule has 1 aromatic carbocycles. The lowest BCUT2D eigenvalue weighted by molar-refractivity contribution is 0.201. The van der Waals surface area contributed by atoms with Crippen LogP contribution in [0.2, 0.25) is 0 Å². The van der Waals surface area contributed by atoms with E-state index in [4.69, 9.17) is 10.2 Å². The average molecular weight is 389 g/mol. The van der Waals surface area contributed by atoms with Crippen LogP contribution in [0.15, 0.2) is 45.1 Å². The number of furan rings is 1. The minimum absolute atomic E-state index is 0.122. The Morgan fingerprint density at radius 3 is 3.07 bits per heavy atom. The summed E-state index contributed by atoms with van der Waals surface area (Å²) in [7, 11) is 0. The Morgan fingerprint density at radius 1 is 1.31 bits per heavy atom. The average Bonchev–Trinajstić information content (AvgIpc) is 3.26. The molecule has 3 aromatic rings. The molecule has 7 nitrogen and oxygen atoms in total. The number of nitrogens with zero attached hydrogens (tertiary/aromatic N) is 4. The van der Waals surface area contributed by atoms with Gasteiger partial charge in [-0.2, -0.15) is 0 Å². The topological polar surface area (TPSA) is 100 Å². The number of rotatable bonds is 3. The van der Waals surface area contributed by atoms with Crippen LogP contribution in [-0.4, -0.2) is 34.1 Å². The van der Waals surface area contributed by atoms with Gasteiger partial charge < -0.3 is 15.3 Å². The van der Waals surface area contributed by atoms with Crippen LogP contribution in [0.5, 0.6) is 5.75 Å². The minimum Gasteiger partial charge on any atom is -0.504 e. The first-order valence-electron chi connectivity index (χ1n) is 9.91. The molecule has 0 radical (unpaired) electrons. The summed E-state index contributed by atoms with van der Waals surface area (Å²) >= 11 is 0. The second kappa shape index (κ2) is 7.09. The van der Waals surface area contributed by atoms with Crippen molar-refractivity contribution in [2.24, 2.45) is 16.0 Å². The first kappa shape index (κ1) is 18.0. The van der Waals surface area contributed by atoms with Crippen molar-refractivity contribution in [3.8, 4) is 5.75 Å². The van der Waals surface area contributed by atoms with Gasteiger partial charge in [0.1, 0.15) is 11.3 Å². The van der Waals surface area contributed by atoms with Crippen LogP contribution in [0.4, 0.5) is 5.82 Å². The minimum atomic E-state index is 0.122. The van der Waals surface area contributed by atoms with E-state index >= 15 is 0 Å². The number of nitrogens with two attached hydrogens (primary N) is 1. The first-order chi connectivity index (χ1) is 14.1. The molecule has 0 aliphatic carbocycles. The normalized spacial score (nSPS) is 20.6. The summed E-state index contributed by atoms with van der Waals surface area (Å²) < 4.78 is 6.15. The summed E-state index contributed by atoms with van der Waals surface area (Å²) in [6.45, 7) is 4.73. The standard InChI is InChI=1S/C22H23N5O2/c1-13-6-7-16-20(28)19(10-18-15-5-2-8-24-22(15)26-25-18)29-21(16)17(13)12-27-9-3-4-14(23)11-27/h2,5-8,10,14,28H,3-4,9,11-12,23H2,1H3/t14-/m0/s1. The molecular formula is C22H23N5O2. The molecule has 148 valence electrons. The summed E-state index contributed by atoms with van der Waals surface area (Å²) in [6, 6.07) is 7.90. The predicted molar refractivity (Wildman–Crippen MR) is 112 cm³/mol. The van der Waals surface area contributed by atoms with E-state index in [9.17, 15) is 5.11 Å². The Hall–Kier alpha value is -3.03. The highest BCUT2D eigenvalue weighted by Crippen LogP contribution is 2.40. The lowest BCUT2D eigenvalue weighted by Gasteiger charge is -2.31. The monoisotopic (exact) mass is 389 g/mol. The van der Waals surface area contributed by atoms with Gasteiger partial charge in [-0.05, 0) is 50.1 Å².